The first-order valence-corrected chi connectivity index (χ1v) is 15.2. The van der Waals surface area contributed by atoms with E-state index in [-0.39, 0.29) is 11.5 Å². The zero-order valence-corrected chi connectivity index (χ0v) is 25.8. The van der Waals surface area contributed by atoms with Crippen molar-refractivity contribution >= 4 is 40.6 Å². The van der Waals surface area contributed by atoms with E-state index in [0.717, 1.165) is 16.7 Å². The number of nitrogens with zero attached hydrogens (tertiary/aromatic N) is 2. The third-order valence-electron chi connectivity index (χ3n) is 7.58. The number of halogens is 1. The van der Waals surface area contributed by atoms with E-state index >= 15 is 0 Å². The largest absolute Gasteiger partial charge is 0.457 e. The molecule has 1 amide bonds. The number of fused-ring (bicyclic) bond motifs is 1. The van der Waals surface area contributed by atoms with E-state index in [9.17, 15) is 9.59 Å². The van der Waals surface area contributed by atoms with Crippen LogP contribution in [-0.2, 0) is 4.79 Å². The molecule has 0 radical (unpaired) electrons. The number of benzene rings is 3. The molecule has 43 heavy (non-hydrogen) atoms. The Morgan fingerprint density at radius 2 is 1.77 bits per heavy atom. The van der Waals surface area contributed by atoms with Crippen LogP contribution in [0.3, 0.4) is 0 Å². The molecule has 0 aliphatic carbocycles. The third-order valence-corrected chi connectivity index (χ3v) is 8.80. The quantitative estimate of drug-likeness (QED) is 0.221. The maximum absolute atomic E-state index is 14.1. The summed E-state index contributed by atoms with van der Waals surface area (Å²) in [4.78, 5) is 33.1. The summed E-state index contributed by atoms with van der Waals surface area (Å²) in [5.41, 5.74) is 5.36. The highest BCUT2D eigenvalue weighted by Gasteiger charge is 2.32. The van der Waals surface area contributed by atoms with Gasteiger partial charge >= 0.3 is 0 Å². The first-order chi connectivity index (χ1) is 20.7. The summed E-state index contributed by atoms with van der Waals surface area (Å²) >= 11 is 7.50. The second-order valence-corrected chi connectivity index (χ2v) is 12.3. The van der Waals surface area contributed by atoms with Crippen molar-refractivity contribution in [1.29, 1.82) is 0 Å². The summed E-state index contributed by atoms with van der Waals surface area (Å²) in [7, 11) is 0. The minimum atomic E-state index is -0.649. The van der Waals surface area contributed by atoms with Crippen molar-refractivity contribution < 1.29 is 9.21 Å². The number of allylic oxidation sites excluding steroid dienone is 1. The molecule has 1 unspecified atom stereocenters. The number of para-hydroxylation sites is 1. The Balaban J connectivity index is 1.46. The third kappa shape index (κ3) is 5.66. The number of aryl methyl sites for hydroxylation is 1. The van der Waals surface area contributed by atoms with Crippen molar-refractivity contribution in [3.63, 3.8) is 0 Å². The van der Waals surface area contributed by atoms with Crippen LogP contribution in [0.15, 0.2) is 110 Å². The van der Waals surface area contributed by atoms with Crippen molar-refractivity contribution in [3.05, 3.63) is 143 Å². The van der Waals surface area contributed by atoms with Crippen molar-refractivity contribution in [3.8, 4) is 11.3 Å². The van der Waals surface area contributed by atoms with Crippen LogP contribution < -0.4 is 20.2 Å². The van der Waals surface area contributed by atoms with Crippen molar-refractivity contribution in [2.75, 3.05) is 5.32 Å². The molecule has 3 heterocycles. The van der Waals surface area contributed by atoms with E-state index in [4.69, 9.17) is 21.0 Å². The summed E-state index contributed by atoms with van der Waals surface area (Å²) in [6.45, 7) is 8.08. The average Bonchev–Trinajstić information content (AvgIpc) is 3.58. The highest BCUT2D eigenvalue weighted by atomic mass is 35.5. The van der Waals surface area contributed by atoms with Crippen LogP contribution in [-0.4, -0.2) is 10.5 Å². The van der Waals surface area contributed by atoms with Gasteiger partial charge in [-0.2, -0.15) is 0 Å². The highest BCUT2D eigenvalue weighted by molar-refractivity contribution is 7.07. The van der Waals surface area contributed by atoms with Gasteiger partial charge in [0.2, 0.25) is 0 Å². The molecular weight excluding hydrogens is 578 g/mol. The Morgan fingerprint density at radius 3 is 2.49 bits per heavy atom. The molecule has 0 saturated heterocycles. The van der Waals surface area contributed by atoms with Crippen LogP contribution in [0.5, 0.6) is 0 Å². The summed E-state index contributed by atoms with van der Waals surface area (Å²) in [6, 6.07) is 26.1. The molecule has 1 aliphatic heterocycles. The number of carbonyl (C=O) groups is 1. The van der Waals surface area contributed by atoms with Gasteiger partial charge in [0.05, 0.1) is 21.8 Å². The number of amides is 1. The Morgan fingerprint density at radius 1 is 1.02 bits per heavy atom. The lowest BCUT2D eigenvalue weighted by atomic mass is 9.93. The standard InChI is InChI=1S/C35H30ClN3O3S/c1-20(2)23-11-13-24(14-12-23)32-31(33(40)38-26-8-6-5-7-9-26)22(4)37-35-39(32)34(41)30(43-35)19-27-16-17-29(42-27)28-18-25(36)15-10-21(28)3/h5-20,32H,1-4H3,(H,38,40)/b30-19-. The van der Waals surface area contributed by atoms with Gasteiger partial charge in [-0.3, -0.25) is 14.2 Å². The fourth-order valence-electron chi connectivity index (χ4n) is 5.27. The molecule has 6 rings (SSSR count). The maximum atomic E-state index is 14.1. The zero-order valence-electron chi connectivity index (χ0n) is 24.2. The molecule has 0 saturated carbocycles. The molecule has 0 bridgehead atoms. The van der Waals surface area contributed by atoms with Gasteiger partial charge in [0.25, 0.3) is 11.5 Å². The molecule has 3 aromatic carbocycles. The van der Waals surface area contributed by atoms with Crippen molar-refractivity contribution in [2.24, 2.45) is 4.99 Å². The molecule has 6 nitrogen and oxygen atoms in total. The average molecular weight is 608 g/mol. The predicted molar refractivity (Wildman–Crippen MR) is 173 cm³/mol. The predicted octanol–water partition coefficient (Wildman–Crippen LogP) is 7.22. The molecule has 1 N–H and O–H groups in total. The van der Waals surface area contributed by atoms with E-state index in [2.05, 4.69) is 31.3 Å². The molecule has 8 heteroatoms. The molecule has 216 valence electrons. The van der Waals surface area contributed by atoms with E-state index in [1.807, 2.05) is 86.6 Å². The van der Waals surface area contributed by atoms with E-state index in [1.54, 1.807) is 10.6 Å². The van der Waals surface area contributed by atoms with Gasteiger partial charge in [-0.25, -0.2) is 4.99 Å². The lowest BCUT2D eigenvalue weighted by molar-refractivity contribution is -0.113. The molecule has 0 fully saturated rings. The Hall–Kier alpha value is -4.46. The first-order valence-electron chi connectivity index (χ1n) is 14.0. The maximum Gasteiger partial charge on any atom is 0.271 e. The van der Waals surface area contributed by atoms with Crippen LogP contribution in [0.25, 0.3) is 17.4 Å². The van der Waals surface area contributed by atoms with Gasteiger partial charge in [-0.05, 0) is 72.9 Å². The van der Waals surface area contributed by atoms with E-state index < -0.39 is 6.04 Å². The smallest absolute Gasteiger partial charge is 0.271 e. The number of nitrogens with one attached hydrogen (secondary N) is 1. The minimum Gasteiger partial charge on any atom is -0.457 e. The minimum absolute atomic E-state index is 0.240. The van der Waals surface area contributed by atoms with Gasteiger partial charge < -0.3 is 9.73 Å². The van der Waals surface area contributed by atoms with Gasteiger partial charge in [0.1, 0.15) is 11.5 Å². The van der Waals surface area contributed by atoms with Gasteiger partial charge in [0.15, 0.2) is 4.80 Å². The number of furan rings is 1. The number of hydrogen-bond donors (Lipinski definition) is 1. The lowest BCUT2D eigenvalue weighted by Crippen LogP contribution is -2.40. The Bertz CT molecular complexity index is 2050. The normalized spacial score (nSPS) is 15.0. The fourth-order valence-corrected chi connectivity index (χ4v) is 6.47. The zero-order chi connectivity index (χ0) is 30.2. The lowest BCUT2D eigenvalue weighted by Gasteiger charge is -2.25. The Kier molecular flexibility index (Phi) is 7.77. The van der Waals surface area contributed by atoms with Gasteiger partial charge in [-0.1, -0.05) is 85.3 Å². The van der Waals surface area contributed by atoms with Crippen LogP contribution >= 0.6 is 22.9 Å². The van der Waals surface area contributed by atoms with Crippen LogP contribution in [0.4, 0.5) is 5.69 Å². The van der Waals surface area contributed by atoms with Crippen LogP contribution in [0.2, 0.25) is 5.02 Å². The number of carbonyl (C=O) groups excluding carboxylic acids is 1. The number of rotatable bonds is 6. The van der Waals surface area contributed by atoms with Crippen molar-refractivity contribution in [2.45, 2.75) is 39.7 Å². The molecule has 0 spiro atoms. The molecular formula is C35H30ClN3O3S. The fraction of sp³-hybridized carbons (Fsp3) is 0.171. The highest BCUT2D eigenvalue weighted by Crippen LogP contribution is 2.32. The molecule has 1 atom stereocenters. The second-order valence-electron chi connectivity index (χ2n) is 10.9. The number of thiazole rings is 1. The topological polar surface area (TPSA) is 76.6 Å². The molecule has 2 aromatic heterocycles. The number of anilines is 1. The van der Waals surface area contributed by atoms with Crippen LogP contribution in [0.1, 0.15) is 55.2 Å². The number of aromatic nitrogens is 1. The summed E-state index contributed by atoms with van der Waals surface area (Å²) < 4.78 is 8.22. The summed E-state index contributed by atoms with van der Waals surface area (Å²) in [6.07, 6.45) is 1.73. The molecule has 1 aliphatic rings. The Labute approximate surface area is 258 Å². The number of hydrogen-bond acceptors (Lipinski definition) is 5. The monoisotopic (exact) mass is 607 g/mol. The van der Waals surface area contributed by atoms with Gasteiger partial charge in [0, 0.05) is 22.3 Å². The van der Waals surface area contributed by atoms with E-state index in [1.165, 1.54) is 16.9 Å². The first kappa shape index (κ1) is 28.6. The van der Waals surface area contributed by atoms with Gasteiger partial charge in [-0.15, -0.1) is 0 Å². The van der Waals surface area contributed by atoms with Crippen LogP contribution in [0, 0.1) is 6.92 Å². The van der Waals surface area contributed by atoms with E-state index in [0.29, 0.717) is 48.8 Å². The second kappa shape index (κ2) is 11.7. The SMILES string of the molecule is CC1=C(C(=O)Nc2ccccc2)C(c2ccc(C(C)C)cc2)n2c(s/c(=C\c3ccc(-c4cc(Cl)ccc4C)o3)c2=O)=N1. The summed E-state index contributed by atoms with van der Waals surface area (Å²) in [5.74, 6) is 1.25. The summed E-state index contributed by atoms with van der Waals surface area (Å²) in [5, 5.41) is 3.62. The molecule has 5 aromatic rings. The van der Waals surface area contributed by atoms with Crippen molar-refractivity contribution in [1.82, 2.24) is 4.57 Å².